The van der Waals surface area contributed by atoms with Gasteiger partial charge in [-0.25, -0.2) is 4.68 Å². The maximum absolute atomic E-state index is 12.6. The third kappa shape index (κ3) is 2.99. The summed E-state index contributed by atoms with van der Waals surface area (Å²) in [5.41, 5.74) is 2.96. The first kappa shape index (κ1) is 17.0. The van der Waals surface area contributed by atoms with Crippen LogP contribution in [0, 0.1) is 13.8 Å². The Morgan fingerprint density at radius 2 is 1.85 bits per heavy atom. The number of furan rings is 1. The predicted molar refractivity (Wildman–Crippen MR) is 105 cm³/mol. The summed E-state index contributed by atoms with van der Waals surface area (Å²) >= 11 is 0. The zero-order valence-electron chi connectivity index (χ0n) is 15.4. The molecule has 1 amide bonds. The molecule has 27 heavy (non-hydrogen) atoms. The summed E-state index contributed by atoms with van der Waals surface area (Å²) in [6, 6.07) is 12.8. The van der Waals surface area contributed by atoms with Crippen LogP contribution in [0.5, 0.6) is 0 Å². The number of hydrogen-bond donors (Lipinski definition) is 1. The number of aryl methyl sites for hydroxylation is 3. The molecule has 0 saturated heterocycles. The highest BCUT2D eigenvalue weighted by Gasteiger charge is 2.13. The molecule has 136 valence electrons. The van der Waals surface area contributed by atoms with Crippen LogP contribution in [0.1, 0.15) is 17.0 Å². The maximum atomic E-state index is 12.6. The minimum atomic E-state index is -0.191. The molecular formula is C21H19N3O3. The fourth-order valence-corrected chi connectivity index (χ4v) is 3.28. The lowest BCUT2D eigenvalue weighted by Gasteiger charge is -2.09. The predicted octanol–water partition coefficient (Wildman–Crippen LogP) is 3.48. The summed E-state index contributed by atoms with van der Waals surface area (Å²) in [7, 11) is 1.59. The Kier molecular flexibility index (Phi) is 4.03. The number of carbonyl (C=O) groups is 1. The van der Waals surface area contributed by atoms with Crippen LogP contribution in [0.25, 0.3) is 21.7 Å². The van der Waals surface area contributed by atoms with E-state index in [9.17, 15) is 9.59 Å². The van der Waals surface area contributed by atoms with E-state index in [4.69, 9.17) is 4.42 Å². The quantitative estimate of drug-likeness (QED) is 0.606. The van der Waals surface area contributed by atoms with E-state index in [0.29, 0.717) is 22.2 Å². The Hall–Kier alpha value is -3.41. The van der Waals surface area contributed by atoms with Crippen molar-refractivity contribution in [3.63, 3.8) is 0 Å². The van der Waals surface area contributed by atoms with E-state index in [1.807, 2.05) is 44.2 Å². The fourth-order valence-electron chi connectivity index (χ4n) is 3.28. The number of amides is 1. The van der Waals surface area contributed by atoms with Crippen LogP contribution in [-0.2, 0) is 18.3 Å². The van der Waals surface area contributed by atoms with E-state index < -0.39 is 0 Å². The van der Waals surface area contributed by atoms with E-state index >= 15 is 0 Å². The lowest BCUT2D eigenvalue weighted by atomic mass is 10.1. The summed E-state index contributed by atoms with van der Waals surface area (Å²) in [6.07, 6.45) is 0.0794. The number of anilines is 1. The summed E-state index contributed by atoms with van der Waals surface area (Å²) in [5.74, 6) is 0.679. The Balaban J connectivity index is 1.64. The van der Waals surface area contributed by atoms with Crippen LogP contribution >= 0.6 is 0 Å². The van der Waals surface area contributed by atoms with Crippen molar-refractivity contribution in [1.82, 2.24) is 9.78 Å². The number of rotatable bonds is 3. The Labute approximate surface area is 155 Å². The fraction of sp³-hybridized carbons (Fsp3) is 0.190. The normalized spacial score (nSPS) is 11.2. The van der Waals surface area contributed by atoms with Gasteiger partial charge in [-0.15, -0.1) is 0 Å². The highest BCUT2D eigenvalue weighted by molar-refractivity contribution is 5.97. The summed E-state index contributed by atoms with van der Waals surface area (Å²) in [5, 5.41) is 9.43. The lowest BCUT2D eigenvalue weighted by Crippen LogP contribution is -2.24. The number of hydrogen-bond acceptors (Lipinski definition) is 4. The molecule has 1 N–H and O–H groups in total. The van der Waals surface area contributed by atoms with E-state index in [2.05, 4.69) is 10.4 Å². The molecule has 0 atom stereocenters. The van der Waals surface area contributed by atoms with Crippen molar-refractivity contribution >= 4 is 33.3 Å². The largest absolute Gasteiger partial charge is 0.461 e. The standard InChI is InChI=1S/C21H19N3O3/c1-12-13(2)27-19-9-8-14(10-17(12)19)22-20(25)11-18-15-6-4-5-7-16(15)21(26)24(3)23-18/h4-10H,11H2,1-3H3,(H,22,25). The van der Waals surface area contributed by atoms with Gasteiger partial charge in [-0.2, -0.15) is 5.10 Å². The van der Waals surface area contributed by atoms with Crippen LogP contribution < -0.4 is 10.9 Å². The molecule has 6 heteroatoms. The van der Waals surface area contributed by atoms with Gasteiger partial charge in [0.1, 0.15) is 11.3 Å². The van der Waals surface area contributed by atoms with Crippen LogP contribution in [0.2, 0.25) is 0 Å². The van der Waals surface area contributed by atoms with Crippen LogP contribution in [0.15, 0.2) is 51.7 Å². The molecule has 2 heterocycles. The number of nitrogens with one attached hydrogen (secondary N) is 1. The average Bonchev–Trinajstić information content (AvgIpc) is 2.93. The zero-order chi connectivity index (χ0) is 19.1. The smallest absolute Gasteiger partial charge is 0.274 e. The van der Waals surface area contributed by atoms with E-state index in [-0.39, 0.29) is 17.9 Å². The first-order valence-corrected chi connectivity index (χ1v) is 8.68. The average molecular weight is 361 g/mol. The summed E-state index contributed by atoms with van der Waals surface area (Å²) < 4.78 is 6.94. The molecule has 0 unspecified atom stereocenters. The molecule has 0 saturated carbocycles. The van der Waals surface area contributed by atoms with Crippen molar-refractivity contribution < 1.29 is 9.21 Å². The van der Waals surface area contributed by atoms with Crippen molar-refractivity contribution in [2.45, 2.75) is 20.3 Å². The zero-order valence-corrected chi connectivity index (χ0v) is 15.4. The van der Waals surface area contributed by atoms with Gasteiger partial charge in [0.15, 0.2) is 0 Å². The van der Waals surface area contributed by atoms with Crippen LogP contribution in [0.3, 0.4) is 0 Å². The maximum Gasteiger partial charge on any atom is 0.274 e. The van der Waals surface area contributed by atoms with E-state index in [1.165, 1.54) is 4.68 Å². The van der Waals surface area contributed by atoms with Gasteiger partial charge >= 0.3 is 0 Å². The molecule has 0 bridgehead atoms. The highest BCUT2D eigenvalue weighted by Crippen LogP contribution is 2.27. The molecule has 0 radical (unpaired) electrons. The number of aromatic nitrogens is 2. The Morgan fingerprint density at radius 1 is 1.11 bits per heavy atom. The second-order valence-corrected chi connectivity index (χ2v) is 6.64. The van der Waals surface area contributed by atoms with Crippen molar-refractivity contribution in [2.75, 3.05) is 5.32 Å². The van der Waals surface area contributed by atoms with E-state index in [0.717, 1.165) is 22.3 Å². The van der Waals surface area contributed by atoms with Gasteiger partial charge in [0.2, 0.25) is 5.91 Å². The molecule has 2 aromatic carbocycles. The van der Waals surface area contributed by atoms with Gasteiger partial charge in [-0.1, -0.05) is 18.2 Å². The highest BCUT2D eigenvalue weighted by atomic mass is 16.3. The number of benzene rings is 2. The second kappa shape index (κ2) is 6.39. The number of carbonyl (C=O) groups excluding carboxylic acids is 1. The second-order valence-electron chi connectivity index (χ2n) is 6.64. The van der Waals surface area contributed by atoms with Crippen molar-refractivity contribution in [3.8, 4) is 0 Å². The molecule has 0 spiro atoms. The Bertz CT molecular complexity index is 1250. The first-order valence-electron chi connectivity index (χ1n) is 8.68. The molecule has 0 aliphatic carbocycles. The molecule has 6 nitrogen and oxygen atoms in total. The number of fused-ring (bicyclic) bond motifs is 2. The molecule has 2 aromatic heterocycles. The van der Waals surface area contributed by atoms with Gasteiger partial charge < -0.3 is 9.73 Å². The van der Waals surface area contributed by atoms with Gasteiger partial charge in [0.25, 0.3) is 5.56 Å². The van der Waals surface area contributed by atoms with Gasteiger partial charge in [0.05, 0.1) is 17.5 Å². The van der Waals surface area contributed by atoms with Gasteiger partial charge in [0, 0.05) is 23.5 Å². The first-order chi connectivity index (χ1) is 12.9. The number of nitrogens with zero attached hydrogens (tertiary/aromatic N) is 2. The van der Waals surface area contributed by atoms with Gasteiger partial charge in [-0.3, -0.25) is 9.59 Å². The molecule has 4 rings (SSSR count). The molecule has 0 aliphatic heterocycles. The van der Waals surface area contributed by atoms with Crippen molar-refractivity contribution in [2.24, 2.45) is 7.05 Å². The van der Waals surface area contributed by atoms with Crippen molar-refractivity contribution in [3.05, 3.63) is 69.8 Å². The minimum absolute atomic E-state index is 0.0794. The summed E-state index contributed by atoms with van der Waals surface area (Å²) in [6.45, 7) is 3.91. The summed E-state index contributed by atoms with van der Waals surface area (Å²) in [4.78, 5) is 24.8. The molecule has 0 fully saturated rings. The lowest BCUT2D eigenvalue weighted by molar-refractivity contribution is -0.115. The SMILES string of the molecule is Cc1oc2ccc(NC(=O)Cc3nn(C)c(=O)c4ccccc34)cc2c1C. The Morgan fingerprint density at radius 3 is 2.63 bits per heavy atom. The van der Waals surface area contributed by atoms with Crippen molar-refractivity contribution in [1.29, 1.82) is 0 Å². The minimum Gasteiger partial charge on any atom is -0.461 e. The van der Waals surface area contributed by atoms with E-state index in [1.54, 1.807) is 19.2 Å². The monoisotopic (exact) mass is 361 g/mol. The van der Waals surface area contributed by atoms with Crippen LogP contribution in [-0.4, -0.2) is 15.7 Å². The third-order valence-electron chi connectivity index (χ3n) is 4.82. The van der Waals surface area contributed by atoms with Crippen LogP contribution in [0.4, 0.5) is 5.69 Å². The molecule has 0 aliphatic rings. The molecular weight excluding hydrogens is 342 g/mol. The third-order valence-corrected chi connectivity index (χ3v) is 4.82. The van der Waals surface area contributed by atoms with Gasteiger partial charge in [-0.05, 0) is 43.7 Å². The molecule has 4 aromatic rings. The topological polar surface area (TPSA) is 77.1 Å².